The van der Waals surface area contributed by atoms with E-state index in [0.717, 1.165) is 34.5 Å². The lowest BCUT2D eigenvalue weighted by atomic mass is 10.1. The van der Waals surface area contributed by atoms with Gasteiger partial charge in [-0.05, 0) is 31.7 Å². The van der Waals surface area contributed by atoms with Gasteiger partial charge < -0.3 is 9.88 Å². The summed E-state index contributed by atoms with van der Waals surface area (Å²) in [5.74, 6) is 0. The molecule has 19 heavy (non-hydrogen) atoms. The van der Waals surface area contributed by atoms with Crippen LogP contribution in [0.3, 0.4) is 0 Å². The molecule has 3 rings (SSSR count). The minimum atomic E-state index is 0.796. The Morgan fingerprint density at radius 1 is 1.37 bits per heavy atom. The lowest BCUT2D eigenvalue weighted by molar-refractivity contribution is 0.779. The molecular weight excluding hydrogens is 238 g/mol. The highest BCUT2D eigenvalue weighted by molar-refractivity contribution is 5.81. The van der Waals surface area contributed by atoms with Crippen molar-refractivity contribution in [1.29, 1.82) is 0 Å². The number of nitrogens with zero attached hydrogens (tertiary/aromatic N) is 3. The van der Waals surface area contributed by atoms with Gasteiger partial charge in [-0.25, -0.2) is 4.98 Å². The van der Waals surface area contributed by atoms with Gasteiger partial charge in [0.15, 0.2) is 0 Å². The van der Waals surface area contributed by atoms with Gasteiger partial charge in [0.25, 0.3) is 0 Å². The smallest absolute Gasteiger partial charge is 0.0955 e. The Hall–Kier alpha value is -2.14. The lowest BCUT2D eigenvalue weighted by Crippen LogP contribution is -2.06. The number of rotatable bonds is 3. The molecule has 98 valence electrons. The third kappa shape index (κ3) is 1.92. The van der Waals surface area contributed by atoms with Crippen molar-refractivity contribution in [2.24, 2.45) is 7.05 Å². The van der Waals surface area contributed by atoms with Crippen LogP contribution in [0.25, 0.3) is 22.3 Å². The minimum Gasteiger partial charge on any atom is -0.334 e. The Labute approximate surface area is 111 Å². The van der Waals surface area contributed by atoms with Crippen molar-refractivity contribution >= 4 is 11.0 Å². The number of aromatic nitrogens is 4. The van der Waals surface area contributed by atoms with Crippen LogP contribution < -0.4 is 5.32 Å². The monoisotopic (exact) mass is 255 g/mol. The van der Waals surface area contributed by atoms with Gasteiger partial charge >= 0.3 is 0 Å². The highest BCUT2D eigenvalue weighted by atomic mass is 15.1. The number of benzene rings is 1. The summed E-state index contributed by atoms with van der Waals surface area (Å²) in [5.41, 5.74) is 6.54. The summed E-state index contributed by atoms with van der Waals surface area (Å²) in [6, 6.07) is 6.27. The predicted molar refractivity (Wildman–Crippen MR) is 75.8 cm³/mol. The number of H-pyrrole nitrogens is 1. The third-order valence-corrected chi connectivity index (χ3v) is 3.46. The molecule has 0 aliphatic rings. The second-order valence-electron chi connectivity index (χ2n) is 4.77. The molecule has 0 saturated carbocycles. The van der Waals surface area contributed by atoms with Crippen molar-refractivity contribution in [3.8, 4) is 11.3 Å². The van der Waals surface area contributed by atoms with Gasteiger partial charge in [0.1, 0.15) is 0 Å². The molecular formula is C14H17N5. The second-order valence-corrected chi connectivity index (χ2v) is 4.77. The molecule has 0 atom stereocenters. The Morgan fingerprint density at radius 3 is 3.00 bits per heavy atom. The fraction of sp³-hybridized carbons (Fsp3) is 0.286. The normalized spacial score (nSPS) is 11.3. The maximum absolute atomic E-state index is 4.42. The van der Waals surface area contributed by atoms with Crippen LogP contribution in [0.2, 0.25) is 0 Å². The number of imidazole rings is 1. The highest BCUT2D eigenvalue weighted by Gasteiger charge is 2.11. The maximum Gasteiger partial charge on any atom is 0.0955 e. The fourth-order valence-corrected chi connectivity index (χ4v) is 2.35. The first-order chi connectivity index (χ1) is 9.20. The van der Waals surface area contributed by atoms with E-state index in [1.807, 2.05) is 25.0 Å². The van der Waals surface area contributed by atoms with E-state index < -0.39 is 0 Å². The van der Waals surface area contributed by atoms with Crippen molar-refractivity contribution in [2.45, 2.75) is 13.5 Å². The Balaban J connectivity index is 2.08. The number of fused-ring (bicyclic) bond motifs is 1. The molecule has 0 fully saturated rings. The first-order valence-corrected chi connectivity index (χ1v) is 6.30. The minimum absolute atomic E-state index is 0.796. The number of aryl methyl sites for hydroxylation is 1. The topological polar surface area (TPSA) is 58.5 Å². The quantitative estimate of drug-likeness (QED) is 0.752. The van der Waals surface area contributed by atoms with E-state index in [9.17, 15) is 0 Å². The average molecular weight is 255 g/mol. The predicted octanol–water partition coefficient (Wildman–Crippen LogP) is 1.99. The average Bonchev–Trinajstić information content (AvgIpc) is 2.95. The zero-order valence-electron chi connectivity index (χ0n) is 11.4. The summed E-state index contributed by atoms with van der Waals surface area (Å²) in [4.78, 5) is 4.39. The SMILES string of the molecule is CNCc1[nH]nc(-c2ccc3c(c2)ncn3C)c1C. The van der Waals surface area contributed by atoms with Crippen LogP contribution in [-0.2, 0) is 13.6 Å². The van der Waals surface area contributed by atoms with Crippen molar-refractivity contribution in [2.75, 3.05) is 7.05 Å². The molecule has 5 nitrogen and oxygen atoms in total. The van der Waals surface area contributed by atoms with Crippen molar-refractivity contribution in [1.82, 2.24) is 25.1 Å². The van der Waals surface area contributed by atoms with Crippen LogP contribution in [0.15, 0.2) is 24.5 Å². The molecule has 1 aromatic carbocycles. The van der Waals surface area contributed by atoms with Crippen molar-refractivity contribution in [3.05, 3.63) is 35.8 Å². The van der Waals surface area contributed by atoms with E-state index in [1.54, 1.807) is 0 Å². The zero-order valence-corrected chi connectivity index (χ0v) is 11.4. The van der Waals surface area contributed by atoms with Gasteiger partial charge in [-0.2, -0.15) is 5.10 Å². The van der Waals surface area contributed by atoms with Gasteiger partial charge in [0.2, 0.25) is 0 Å². The molecule has 3 aromatic rings. The molecule has 0 amide bonds. The van der Waals surface area contributed by atoms with Crippen molar-refractivity contribution in [3.63, 3.8) is 0 Å². The lowest BCUT2D eigenvalue weighted by Gasteiger charge is -2.01. The molecule has 2 aromatic heterocycles. The van der Waals surface area contributed by atoms with Crippen LogP contribution in [0.1, 0.15) is 11.3 Å². The summed E-state index contributed by atoms with van der Waals surface area (Å²) in [6.07, 6.45) is 1.83. The molecule has 0 aliphatic carbocycles. The number of hydrogen-bond donors (Lipinski definition) is 2. The molecule has 0 saturated heterocycles. The third-order valence-electron chi connectivity index (χ3n) is 3.46. The largest absolute Gasteiger partial charge is 0.334 e. The summed E-state index contributed by atoms with van der Waals surface area (Å²) in [5, 5.41) is 10.6. The van der Waals surface area contributed by atoms with Crippen LogP contribution >= 0.6 is 0 Å². The summed E-state index contributed by atoms with van der Waals surface area (Å²) >= 11 is 0. The van der Waals surface area contributed by atoms with E-state index in [-0.39, 0.29) is 0 Å². The van der Waals surface area contributed by atoms with E-state index in [0.29, 0.717) is 0 Å². The van der Waals surface area contributed by atoms with Crippen LogP contribution in [-0.4, -0.2) is 26.8 Å². The number of aromatic amines is 1. The molecule has 0 spiro atoms. The van der Waals surface area contributed by atoms with E-state index in [4.69, 9.17) is 0 Å². The zero-order chi connectivity index (χ0) is 13.4. The molecule has 0 bridgehead atoms. The van der Waals surface area contributed by atoms with E-state index in [1.165, 1.54) is 5.56 Å². The Bertz CT molecular complexity index is 723. The van der Waals surface area contributed by atoms with Crippen LogP contribution in [0, 0.1) is 6.92 Å². The first kappa shape index (κ1) is 11.9. The molecule has 2 heterocycles. The fourth-order valence-electron chi connectivity index (χ4n) is 2.35. The molecule has 0 unspecified atom stereocenters. The van der Waals surface area contributed by atoms with Gasteiger partial charge in [-0.15, -0.1) is 0 Å². The highest BCUT2D eigenvalue weighted by Crippen LogP contribution is 2.26. The standard InChI is InChI=1S/C14H17N5/c1-9-12(7-15-2)17-18-14(9)10-4-5-13-11(6-10)16-8-19(13)3/h4-6,8,15H,7H2,1-3H3,(H,17,18). The summed E-state index contributed by atoms with van der Waals surface area (Å²) in [6.45, 7) is 2.89. The number of hydrogen-bond acceptors (Lipinski definition) is 3. The molecule has 0 aliphatic heterocycles. The van der Waals surface area contributed by atoms with Crippen LogP contribution in [0.5, 0.6) is 0 Å². The van der Waals surface area contributed by atoms with E-state index >= 15 is 0 Å². The molecule has 5 heteroatoms. The first-order valence-electron chi connectivity index (χ1n) is 6.30. The van der Waals surface area contributed by atoms with Gasteiger partial charge in [-0.3, -0.25) is 5.10 Å². The van der Waals surface area contributed by atoms with E-state index in [2.05, 4.69) is 45.6 Å². The van der Waals surface area contributed by atoms with Gasteiger partial charge in [0, 0.05) is 19.2 Å². The molecule has 0 radical (unpaired) electrons. The number of nitrogens with one attached hydrogen (secondary N) is 2. The second kappa shape index (κ2) is 4.51. The maximum atomic E-state index is 4.42. The summed E-state index contributed by atoms with van der Waals surface area (Å²) in [7, 11) is 3.93. The van der Waals surface area contributed by atoms with Gasteiger partial charge in [-0.1, -0.05) is 6.07 Å². The van der Waals surface area contributed by atoms with Gasteiger partial charge in [0.05, 0.1) is 28.7 Å². The Kier molecular flexibility index (Phi) is 2.83. The van der Waals surface area contributed by atoms with Crippen LogP contribution in [0.4, 0.5) is 0 Å². The van der Waals surface area contributed by atoms with Crippen molar-refractivity contribution < 1.29 is 0 Å². The summed E-state index contributed by atoms with van der Waals surface area (Å²) < 4.78 is 2.02. The Morgan fingerprint density at radius 2 is 2.21 bits per heavy atom. The molecule has 2 N–H and O–H groups in total.